The van der Waals surface area contributed by atoms with Gasteiger partial charge in [0.1, 0.15) is 19.0 Å². The summed E-state index contributed by atoms with van der Waals surface area (Å²) in [5.41, 5.74) is 7.43. The molecule has 1 aromatic carbocycles. The van der Waals surface area contributed by atoms with Gasteiger partial charge in [-0.2, -0.15) is 0 Å². The van der Waals surface area contributed by atoms with Crippen LogP contribution in [0.2, 0.25) is 0 Å². The van der Waals surface area contributed by atoms with Gasteiger partial charge >= 0.3 is 0 Å². The van der Waals surface area contributed by atoms with Crippen LogP contribution in [-0.4, -0.2) is 13.3 Å². The lowest BCUT2D eigenvalue weighted by Crippen LogP contribution is -2.06. The molecule has 0 saturated carbocycles. The van der Waals surface area contributed by atoms with E-state index in [1.54, 1.807) is 0 Å². The minimum atomic E-state index is -0.487. The van der Waals surface area contributed by atoms with Gasteiger partial charge in [0.2, 0.25) is 0 Å². The highest BCUT2D eigenvalue weighted by molar-refractivity contribution is 9.10. The van der Waals surface area contributed by atoms with Crippen molar-refractivity contribution >= 4 is 15.9 Å². The van der Waals surface area contributed by atoms with Crippen LogP contribution in [-0.2, 0) is 6.54 Å². The van der Waals surface area contributed by atoms with Crippen LogP contribution in [0.3, 0.4) is 0 Å². The summed E-state index contributed by atoms with van der Waals surface area (Å²) in [6.45, 7) is 1.90. The van der Waals surface area contributed by atoms with Crippen molar-refractivity contribution in [3.05, 3.63) is 27.7 Å². The summed E-state index contributed by atoms with van der Waals surface area (Å²) >= 11 is 3.37. The molecule has 0 fully saturated rings. The van der Waals surface area contributed by atoms with E-state index in [2.05, 4.69) is 15.9 Å². The van der Waals surface area contributed by atoms with Crippen molar-refractivity contribution in [3.8, 4) is 5.75 Å². The molecule has 0 amide bonds. The first-order valence-electron chi connectivity index (χ1n) is 4.37. The first-order chi connectivity index (χ1) is 6.69. The van der Waals surface area contributed by atoms with Gasteiger partial charge in [-0.1, -0.05) is 15.9 Å². The van der Waals surface area contributed by atoms with E-state index in [0.29, 0.717) is 12.3 Å². The zero-order valence-electron chi connectivity index (χ0n) is 8.02. The highest BCUT2D eigenvalue weighted by Gasteiger charge is 2.07. The average Bonchev–Trinajstić information content (AvgIpc) is 2.15. The second kappa shape index (κ2) is 5.32. The van der Waals surface area contributed by atoms with Crippen LogP contribution in [0, 0.1) is 6.92 Å². The topological polar surface area (TPSA) is 35.2 Å². The highest BCUT2D eigenvalue weighted by Crippen LogP contribution is 2.27. The van der Waals surface area contributed by atoms with Crippen LogP contribution >= 0.6 is 15.9 Å². The molecule has 0 bridgehead atoms. The van der Waals surface area contributed by atoms with Crippen molar-refractivity contribution in [2.45, 2.75) is 13.5 Å². The second-order valence-electron chi connectivity index (χ2n) is 2.95. The summed E-state index contributed by atoms with van der Waals surface area (Å²) in [4.78, 5) is 0. The molecule has 0 radical (unpaired) electrons. The van der Waals surface area contributed by atoms with Gasteiger partial charge in [-0.05, 0) is 24.6 Å². The summed E-state index contributed by atoms with van der Waals surface area (Å²) < 4.78 is 18.2. The lowest BCUT2D eigenvalue weighted by molar-refractivity contribution is 0.269. The summed E-state index contributed by atoms with van der Waals surface area (Å²) in [5.74, 6) is 0.702. The molecule has 0 atom stereocenters. The van der Waals surface area contributed by atoms with Gasteiger partial charge in [0.25, 0.3) is 0 Å². The number of hydrogen-bond acceptors (Lipinski definition) is 2. The number of aryl methyl sites for hydroxylation is 1. The summed E-state index contributed by atoms with van der Waals surface area (Å²) in [6, 6.07) is 3.81. The van der Waals surface area contributed by atoms with E-state index in [4.69, 9.17) is 10.5 Å². The quantitative estimate of drug-likeness (QED) is 0.905. The highest BCUT2D eigenvalue weighted by atomic mass is 79.9. The predicted octanol–water partition coefficient (Wildman–Crippen LogP) is 2.56. The Bertz CT molecular complexity index is 317. The second-order valence-corrected chi connectivity index (χ2v) is 3.87. The molecule has 78 valence electrons. The minimum absolute atomic E-state index is 0.0788. The number of rotatable bonds is 4. The molecule has 1 rings (SSSR count). The zero-order valence-corrected chi connectivity index (χ0v) is 9.60. The van der Waals surface area contributed by atoms with Crippen molar-refractivity contribution < 1.29 is 9.13 Å². The number of ether oxygens (including phenoxy) is 1. The molecule has 0 heterocycles. The van der Waals surface area contributed by atoms with E-state index in [9.17, 15) is 4.39 Å². The largest absolute Gasteiger partial charge is 0.490 e. The molecule has 0 saturated heterocycles. The van der Waals surface area contributed by atoms with E-state index < -0.39 is 6.67 Å². The maximum Gasteiger partial charge on any atom is 0.126 e. The molecule has 14 heavy (non-hydrogen) atoms. The van der Waals surface area contributed by atoms with Crippen molar-refractivity contribution in [1.82, 2.24) is 0 Å². The molecule has 0 aromatic heterocycles. The molecule has 4 heteroatoms. The lowest BCUT2D eigenvalue weighted by Gasteiger charge is -2.12. The number of nitrogens with two attached hydrogens (primary N) is 1. The minimum Gasteiger partial charge on any atom is -0.490 e. The summed E-state index contributed by atoms with van der Waals surface area (Å²) in [5, 5.41) is 0. The molecular formula is C10H13BrFNO. The van der Waals surface area contributed by atoms with Crippen molar-refractivity contribution in [2.24, 2.45) is 5.73 Å². The van der Waals surface area contributed by atoms with Gasteiger partial charge in [0.05, 0.1) is 0 Å². The van der Waals surface area contributed by atoms with E-state index >= 15 is 0 Å². The Balaban J connectivity index is 2.99. The first kappa shape index (κ1) is 11.5. The lowest BCUT2D eigenvalue weighted by atomic mass is 10.1. The number of hydrogen-bond donors (Lipinski definition) is 1. The van der Waals surface area contributed by atoms with Gasteiger partial charge in [0, 0.05) is 16.6 Å². The number of alkyl halides is 1. The number of halogens is 2. The van der Waals surface area contributed by atoms with E-state index in [0.717, 1.165) is 15.6 Å². The van der Waals surface area contributed by atoms with E-state index in [1.807, 2.05) is 19.1 Å². The third kappa shape index (κ3) is 2.69. The van der Waals surface area contributed by atoms with Crippen molar-refractivity contribution in [3.63, 3.8) is 0 Å². The zero-order chi connectivity index (χ0) is 10.6. The fraction of sp³-hybridized carbons (Fsp3) is 0.400. The monoisotopic (exact) mass is 261 g/mol. The Kier molecular flexibility index (Phi) is 4.35. The van der Waals surface area contributed by atoms with Gasteiger partial charge in [-0.3, -0.25) is 0 Å². The molecule has 0 spiro atoms. The Morgan fingerprint density at radius 1 is 1.50 bits per heavy atom. The predicted molar refractivity (Wildman–Crippen MR) is 58.2 cm³/mol. The maximum absolute atomic E-state index is 12.0. The Labute approximate surface area is 91.4 Å². The molecule has 0 unspecified atom stereocenters. The van der Waals surface area contributed by atoms with Gasteiger partial charge < -0.3 is 10.5 Å². The molecule has 1 aromatic rings. The first-order valence-corrected chi connectivity index (χ1v) is 5.16. The van der Waals surface area contributed by atoms with Crippen LogP contribution in [0.4, 0.5) is 4.39 Å². The molecule has 0 aliphatic carbocycles. The van der Waals surface area contributed by atoms with Gasteiger partial charge in [-0.15, -0.1) is 0 Å². The Morgan fingerprint density at radius 3 is 2.79 bits per heavy atom. The fourth-order valence-electron chi connectivity index (χ4n) is 1.30. The SMILES string of the molecule is Cc1cc(Br)cc(CN)c1OCCF. The Morgan fingerprint density at radius 2 is 2.21 bits per heavy atom. The van der Waals surface area contributed by atoms with Crippen LogP contribution < -0.4 is 10.5 Å². The van der Waals surface area contributed by atoms with Crippen LogP contribution in [0.15, 0.2) is 16.6 Å². The van der Waals surface area contributed by atoms with Crippen molar-refractivity contribution in [2.75, 3.05) is 13.3 Å². The van der Waals surface area contributed by atoms with Gasteiger partial charge in [0.15, 0.2) is 0 Å². The normalized spacial score (nSPS) is 10.3. The summed E-state index contributed by atoms with van der Waals surface area (Å²) in [6.07, 6.45) is 0. The fourth-order valence-corrected chi connectivity index (χ4v) is 1.92. The standard InChI is InChI=1S/C10H13BrFNO/c1-7-4-9(11)5-8(6-13)10(7)14-3-2-12/h4-5H,2-3,6,13H2,1H3. The third-order valence-electron chi connectivity index (χ3n) is 1.86. The number of benzene rings is 1. The smallest absolute Gasteiger partial charge is 0.126 e. The molecular weight excluding hydrogens is 249 g/mol. The van der Waals surface area contributed by atoms with Gasteiger partial charge in [-0.25, -0.2) is 4.39 Å². The van der Waals surface area contributed by atoms with Crippen LogP contribution in [0.5, 0.6) is 5.75 Å². The average molecular weight is 262 g/mol. The summed E-state index contributed by atoms with van der Waals surface area (Å²) in [7, 11) is 0. The molecule has 2 N–H and O–H groups in total. The third-order valence-corrected chi connectivity index (χ3v) is 2.32. The van der Waals surface area contributed by atoms with Crippen LogP contribution in [0.25, 0.3) is 0 Å². The molecule has 0 aliphatic rings. The van der Waals surface area contributed by atoms with Crippen LogP contribution in [0.1, 0.15) is 11.1 Å². The molecule has 0 aliphatic heterocycles. The van der Waals surface area contributed by atoms with Crippen molar-refractivity contribution in [1.29, 1.82) is 0 Å². The molecule has 2 nitrogen and oxygen atoms in total. The maximum atomic E-state index is 12.0. The van der Waals surface area contributed by atoms with E-state index in [1.165, 1.54) is 0 Å². The Hall–Kier alpha value is -0.610. The van der Waals surface area contributed by atoms with E-state index in [-0.39, 0.29) is 6.61 Å².